The minimum Gasteiger partial charge on any atom is -0.464 e. The van der Waals surface area contributed by atoms with Gasteiger partial charge in [0.1, 0.15) is 11.5 Å². The van der Waals surface area contributed by atoms with Crippen molar-refractivity contribution in [3.63, 3.8) is 0 Å². The predicted molar refractivity (Wildman–Crippen MR) is 95.0 cm³/mol. The van der Waals surface area contributed by atoms with E-state index in [0.717, 1.165) is 29.5 Å². The maximum atomic E-state index is 13.3. The normalized spacial score (nSPS) is 10.7. The molecule has 3 rings (SSSR count). The number of benzene rings is 1. The number of aromatic nitrogens is 4. The molecule has 0 aliphatic rings. The molecule has 0 bridgehead atoms. The summed E-state index contributed by atoms with van der Waals surface area (Å²) in [5, 5.41) is 22.0. The summed E-state index contributed by atoms with van der Waals surface area (Å²) in [4.78, 5) is 22.5. The topological polar surface area (TPSA) is 117 Å². The third-order valence-electron chi connectivity index (χ3n) is 3.90. The highest BCUT2D eigenvalue weighted by atomic mass is 19.1. The van der Waals surface area contributed by atoms with E-state index in [2.05, 4.69) is 15.5 Å². The molecular weight excluding hydrogens is 371 g/mol. The molecule has 0 saturated carbocycles. The van der Waals surface area contributed by atoms with Crippen LogP contribution in [-0.2, 0) is 20.3 Å². The van der Waals surface area contributed by atoms with Crippen molar-refractivity contribution in [2.75, 3.05) is 0 Å². The van der Waals surface area contributed by atoms with Crippen molar-refractivity contribution in [3.05, 3.63) is 69.5 Å². The van der Waals surface area contributed by atoms with E-state index in [1.54, 1.807) is 11.7 Å². The largest absolute Gasteiger partial charge is 0.464 e. The summed E-state index contributed by atoms with van der Waals surface area (Å²) in [5.74, 6) is -1.27. The van der Waals surface area contributed by atoms with Gasteiger partial charge in [-0.2, -0.15) is 10.2 Å². The first-order valence-electron chi connectivity index (χ1n) is 8.21. The predicted octanol–water partition coefficient (Wildman–Crippen LogP) is 1.94. The number of hydrogen-bond acceptors (Lipinski definition) is 6. The molecule has 0 radical (unpaired) electrons. The van der Waals surface area contributed by atoms with Gasteiger partial charge < -0.3 is 10.1 Å². The van der Waals surface area contributed by atoms with Crippen LogP contribution in [0, 0.1) is 22.9 Å². The number of nitro groups is 1. The lowest BCUT2D eigenvalue weighted by molar-refractivity contribution is -0.386. The summed E-state index contributed by atoms with van der Waals surface area (Å²) in [6.07, 6.45) is 3.29. The summed E-state index contributed by atoms with van der Waals surface area (Å²) in [6, 6.07) is 4.40. The van der Waals surface area contributed by atoms with Crippen molar-refractivity contribution in [2.24, 2.45) is 7.05 Å². The SMILES string of the molecule is Cc1nn(C)cc1CNC(=O)c1ccn(COc2cc(F)ccc2[N+](=O)[O-])n1. The van der Waals surface area contributed by atoms with Crippen LogP contribution in [0.5, 0.6) is 5.75 Å². The number of nitrogens with one attached hydrogen (secondary N) is 1. The zero-order valence-corrected chi connectivity index (χ0v) is 15.1. The molecular formula is C17H17FN6O4. The number of nitro benzene ring substituents is 1. The summed E-state index contributed by atoms with van der Waals surface area (Å²) >= 11 is 0. The van der Waals surface area contributed by atoms with E-state index in [-0.39, 0.29) is 23.9 Å². The van der Waals surface area contributed by atoms with Gasteiger partial charge in [0.25, 0.3) is 5.91 Å². The maximum Gasteiger partial charge on any atom is 0.311 e. The summed E-state index contributed by atoms with van der Waals surface area (Å²) in [5.41, 5.74) is 1.49. The number of halogens is 1. The van der Waals surface area contributed by atoms with Gasteiger partial charge in [0, 0.05) is 43.7 Å². The molecule has 0 spiro atoms. The molecule has 0 saturated heterocycles. The fourth-order valence-corrected chi connectivity index (χ4v) is 2.53. The number of hydrogen-bond donors (Lipinski definition) is 1. The number of amides is 1. The van der Waals surface area contributed by atoms with Gasteiger partial charge in [-0.3, -0.25) is 19.6 Å². The van der Waals surface area contributed by atoms with E-state index in [4.69, 9.17) is 4.74 Å². The van der Waals surface area contributed by atoms with E-state index in [1.165, 1.54) is 16.9 Å². The van der Waals surface area contributed by atoms with Crippen molar-refractivity contribution in [1.82, 2.24) is 24.9 Å². The highest BCUT2D eigenvalue weighted by molar-refractivity contribution is 5.92. The van der Waals surface area contributed by atoms with Crippen LogP contribution in [0.2, 0.25) is 0 Å². The Morgan fingerprint density at radius 1 is 1.36 bits per heavy atom. The minimum absolute atomic E-state index is 0.152. The van der Waals surface area contributed by atoms with Crippen molar-refractivity contribution < 1.29 is 18.8 Å². The van der Waals surface area contributed by atoms with Gasteiger partial charge in [-0.1, -0.05) is 0 Å². The van der Waals surface area contributed by atoms with Gasteiger partial charge >= 0.3 is 5.69 Å². The molecule has 0 fully saturated rings. The Morgan fingerprint density at radius 3 is 2.82 bits per heavy atom. The van der Waals surface area contributed by atoms with Crippen LogP contribution in [0.15, 0.2) is 36.7 Å². The Kier molecular flexibility index (Phi) is 5.34. The lowest BCUT2D eigenvalue weighted by Gasteiger charge is -2.07. The van der Waals surface area contributed by atoms with Gasteiger partial charge in [0.05, 0.1) is 10.6 Å². The molecule has 0 aliphatic carbocycles. The Bertz CT molecular complexity index is 1030. The number of carbonyl (C=O) groups excluding carboxylic acids is 1. The average molecular weight is 388 g/mol. The monoisotopic (exact) mass is 388 g/mol. The Morgan fingerprint density at radius 2 is 2.14 bits per heavy atom. The Labute approximate surface area is 158 Å². The van der Waals surface area contributed by atoms with Crippen molar-refractivity contribution in [3.8, 4) is 5.75 Å². The molecule has 28 heavy (non-hydrogen) atoms. The van der Waals surface area contributed by atoms with Crippen LogP contribution in [0.25, 0.3) is 0 Å². The van der Waals surface area contributed by atoms with Crippen LogP contribution in [-0.4, -0.2) is 30.4 Å². The fraction of sp³-hybridized carbons (Fsp3) is 0.235. The van der Waals surface area contributed by atoms with Crippen LogP contribution in [0.1, 0.15) is 21.7 Å². The summed E-state index contributed by atoms with van der Waals surface area (Å²) in [7, 11) is 1.79. The van der Waals surface area contributed by atoms with Crippen LogP contribution in [0.3, 0.4) is 0 Å². The molecule has 1 amide bonds. The summed E-state index contributed by atoms with van der Waals surface area (Å²) in [6.45, 7) is 1.93. The number of rotatable bonds is 7. The molecule has 0 atom stereocenters. The number of aryl methyl sites for hydroxylation is 2. The van der Waals surface area contributed by atoms with Crippen molar-refractivity contribution >= 4 is 11.6 Å². The van der Waals surface area contributed by atoms with E-state index in [1.807, 2.05) is 13.1 Å². The zero-order valence-electron chi connectivity index (χ0n) is 15.1. The standard InChI is InChI=1S/C17H17FN6O4/c1-11-12(9-22(2)20-11)8-19-17(25)14-5-6-23(21-14)10-28-16-7-13(18)3-4-15(16)24(26)27/h3-7,9H,8,10H2,1-2H3,(H,19,25). The Balaban J connectivity index is 1.61. The quantitative estimate of drug-likeness (QED) is 0.488. The van der Waals surface area contributed by atoms with Crippen LogP contribution in [0.4, 0.5) is 10.1 Å². The highest BCUT2D eigenvalue weighted by Gasteiger charge is 2.17. The molecule has 0 aliphatic heterocycles. The molecule has 11 heteroatoms. The van der Waals surface area contributed by atoms with Gasteiger partial charge in [-0.25, -0.2) is 9.07 Å². The molecule has 1 N–H and O–H groups in total. The average Bonchev–Trinajstić information content (AvgIpc) is 3.23. The third kappa shape index (κ3) is 4.31. The maximum absolute atomic E-state index is 13.3. The van der Waals surface area contributed by atoms with E-state index < -0.39 is 16.6 Å². The lowest BCUT2D eigenvalue weighted by atomic mass is 10.2. The molecule has 0 unspecified atom stereocenters. The number of nitrogens with zero attached hydrogens (tertiary/aromatic N) is 5. The van der Waals surface area contributed by atoms with Gasteiger partial charge in [0.15, 0.2) is 6.73 Å². The molecule has 3 aromatic rings. The molecule has 10 nitrogen and oxygen atoms in total. The van der Waals surface area contributed by atoms with Gasteiger partial charge in [0.2, 0.25) is 5.75 Å². The van der Waals surface area contributed by atoms with E-state index in [0.29, 0.717) is 6.54 Å². The number of carbonyl (C=O) groups is 1. The highest BCUT2D eigenvalue weighted by Crippen LogP contribution is 2.27. The first-order chi connectivity index (χ1) is 13.3. The first-order valence-corrected chi connectivity index (χ1v) is 8.21. The first kappa shape index (κ1) is 19.0. The molecule has 1 aromatic carbocycles. The lowest BCUT2D eigenvalue weighted by Crippen LogP contribution is -2.23. The van der Waals surface area contributed by atoms with Crippen LogP contribution >= 0.6 is 0 Å². The zero-order chi connectivity index (χ0) is 20.3. The second-order valence-corrected chi connectivity index (χ2v) is 5.98. The molecule has 2 aromatic heterocycles. The minimum atomic E-state index is -0.669. The van der Waals surface area contributed by atoms with Crippen molar-refractivity contribution in [1.29, 1.82) is 0 Å². The smallest absolute Gasteiger partial charge is 0.311 e. The fourth-order valence-electron chi connectivity index (χ4n) is 2.53. The summed E-state index contributed by atoms with van der Waals surface area (Å²) < 4.78 is 21.5. The van der Waals surface area contributed by atoms with E-state index >= 15 is 0 Å². The van der Waals surface area contributed by atoms with Gasteiger partial charge in [-0.15, -0.1) is 0 Å². The molecule has 146 valence electrons. The molecule has 2 heterocycles. The Hall–Kier alpha value is -3.76. The third-order valence-corrected chi connectivity index (χ3v) is 3.90. The van der Waals surface area contributed by atoms with Crippen molar-refractivity contribution in [2.45, 2.75) is 20.2 Å². The second-order valence-electron chi connectivity index (χ2n) is 5.98. The second kappa shape index (κ2) is 7.86. The van der Waals surface area contributed by atoms with E-state index in [9.17, 15) is 19.3 Å². The number of ether oxygens (including phenoxy) is 1. The van der Waals surface area contributed by atoms with Gasteiger partial charge in [-0.05, 0) is 19.1 Å². The van der Waals surface area contributed by atoms with Crippen LogP contribution < -0.4 is 10.1 Å².